The first kappa shape index (κ1) is 36.1. The van der Waals surface area contributed by atoms with E-state index < -0.39 is 19.9 Å². The molecule has 0 spiro atoms. The molecule has 2 heterocycles. The van der Waals surface area contributed by atoms with Gasteiger partial charge in [-0.3, -0.25) is 9.69 Å². The Hall–Kier alpha value is -3.15. The highest BCUT2D eigenvalue weighted by molar-refractivity contribution is 7.15. The minimum atomic E-state index is -2.01. The van der Waals surface area contributed by atoms with Crippen LogP contribution in [0.25, 0.3) is 21.3 Å². The number of carbonyl (C=O) groups excluding carboxylic acids is 2. The molecule has 1 amide bonds. The average Bonchev–Trinajstić information content (AvgIpc) is 3.74. The van der Waals surface area contributed by atoms with Gasteiger partial charge in [-0.2, -0.15) is 0 Å². The van der Waals surface area contributed by atoms with Crippen molar-refractivity contribution in [2.24, 2.45) is 0 Å². The zero-order valence-electron chi connectivity index (χ0n) is 30.3. The molecule has 2 aliphatic rings. The number of esters is 1. The van der Waals surface area contributed by atoms with Crippen molar-refractivity contribution in [2.75, 3.05) is 26.9 Å². The minimum absolute atomic E-state index is 0.0419. The first-order valence-electron chi connectivity index (χ1n) is 17.2. The highest BCUT2D eigenvalue weighted by atomic mass is 32.1. The first-order chi connectivity index (χ1) is 22.5. The van der Waals surface area contributed by atoms with Crippen LogP contribution < -0.4 is 10.2 Å². The molecule has 0 N–H and O–H groups in total. The standard InChI is InChI=1S/C37H52N2O7SSi/c1-11-44-34(41)27-22-39(23-15-16-23)31-25(32(27)40)18-17-24(33(31)43-8)30-21-26-28(13-12-14-29(26)47-30)38(35(42)46-36(2,3)4)19-20-45-48(9,10)37(5,6)7/h17-18,21-23,28H,11-16,19-20H2,1-10H3. The van der Waals surface area contributed by atoms with Gasteiger partial charge < -0.3 is 23.2 Å². The largest absolute Gasteiger partial charge is 0.494 e. The normalized spacial score (nSPS) is 16.8. The fourth-order valence-electron chi connectivity index (χ4n) is 6.11. The first-order valence-corrected chi connectivity index (χ1v) is 20.9. The maximum atomic E-state index is 13.8. The Balaban J connectivity index is 1.55. The molecule has 11 heteroatoms. The number of fused-ring (bicyclic) bond motifs is 2. The van der Waals surface area contributed by atoms with Gasteiger partial charge >= 0.3 is 12.1 Å². The van der Waals surface area contributed by atoms with E-state index in [1.165, 1.54) is 4.88 Å². The molecule has 262 valence electrons. The molecular formula is C37H52N2O7SSi. The van der Waals surface area contributed by atoms with Gasteiger partial charge in [-0.1, -0.05) is 20.8 Å². The lowest BCUT2D eigenvalue weighted by atomic mass is 9.92. The van der Waals surface area contributed by atoms with Crippen molar-refractivity contribution >= 4 is 42.6 Å². The van der Waals surface area contributed by atoms with E-state index in [1.54, 1.807) is 37.6 Å². The van der Waals surface area contributed by atoms with Crippen LogP contribution in [0.4, 0.5) is 4.79 Å². The van der Waals surface area contributed by atoms with Crippen LogP contribution in [0.2, 0.25) is 18.1 Å². The van der Waals surface area contributed by atoms with E-state index in [0.717, 1.165) is 48.1 Å². The summed E-state index contributed by atoms with van der Waals surface area (Å²) in [7, 11) is -0.388. The van der Waals surface area contributed by atoms with Gasteiger partial charge in [0, 0.05) is 34.1 Å². The molecule has 0 bridgehead atoms. The summed E-state index contributed by atoms with van der Waals surface area (Å²) in [5, 5.41) is 0.499. The quantitative estimate of drug-likeness (QED) is 0.154. The molecule has 1 aromatic carbocycles. The van der Waals surface area contributed by atoms with Gasteiger partial charge in [0.05, 0.1) is 37.3 Å². The third-order valence-electron chi connectivity index (χ3n) is 9.74. The molecule has 5 rings (SSSR count). The van der Waals surface area contributed by atoms with Crippen LogP contribution in [-0.4, -0.2) is 62.3 Å². The van der Waals surface area contributed by atoms with Gasteiger partial charge in [-0.25, -0.2) is 9.59 Å². The molecule has 3 aromatic rings. The van der Waals surface area contributed by atoms with Gasteiger partial charge in [-0.15, -0.1) is 11.3 Å². The second-order valence-electron chi connectivity index (χ2n) is 15.5. The summed E-state index contributed by atoms with van der Waals surface area (Å²) in [6.07, 6.45) is 5.94. The molecule has 48 heavy (non-hydrogen) atoms. The Morgan fingerprint density at radius 3 is 2.40 bits per heavy atom. The number of benzene rings is 1. The summed E-state index contributed by atoms with van der Waals surface area (Å²) < 4.78 is 25.8. The minimum Gasteiger partial charge on any atom is -0.494 e. The predicted molar refractivity (Wildman–Crippen MR) is 194 cm³/mol. The number of aromatic nitrogens is 1. The zero-order chi connectivity index (χ0) is 35.2. The molecule has 1 atom stereocenters. The number of hydrogen-bond acceptors (Lipinski definition) is 8. The van der Waals surface area contributed by atoms with E-state index in [9.17, 15) is 14.4 Å². The van der Waals surface area contributed by atoms with Gasteiger partial charge in [0.15, 0.2) is 14.1 Å². The summed E-state index contributed by atoms with van der Waals surface area (Å²) in [4.78, 5) is 44.2. The topological polar surface area (TPSA) is 96.3 Å². The SMILES string of the molecule is CCOC(=O)c1cn(C2CC2)c2c(OC)c(-c3cc4c(s3)CCCC4N(CCO[Si](C)(C)C(C)(C)C)C(=O)OC(C)(C)C)ccc2c1=O. The number of rotatable bonds is 10. The number of carbonyl (C=O) groups is 2. The summed E-state index contributed by atoms with van der Waals surface area (Å²) >= 11 is 1.71. The number of aryl methyl sites for hydroxylation is 1. The van der Waals surface area contributed by atoms with Crippen molar-refractivity contribution in [1.29, 1.82) is 0 Å². The average molecular weight is 697 g/mol. The van der Waals surface area contributed by atoms with E-state index in [1.807, 2.05) is 36.3 Å². The lowest BCUT2D eigenvalue weighted by molar-refractivity contribution is 0.0106. The van der Waals surface area contributed by atoms with Crippen molar-refractivity contribution in [3.05, 3.63) is 50.6 Å². The second-order valence-corrected chi connectivity index (χ2v) is 21.4. The molecule has 2 aromatic heterocycles. The van der Waals surface area contributed by atoms with E-state index in [4.69, 9.17) is 18.6 Å². The molecule has 1 saturated carbocycles. The van der Waals surface area contributed by atoms with Crippen molar-refractivity contribution in [3.63, 3.8) is 0 Å². The number of thiophene rings is 1. The molecule has 0 saturated heterocycles. The highest BCUT2D eigenvalue weighted by Gasteiger charge is 2.39. The monoisotopic (exact) mass is 696 g/mol. The maximum absolute atomic E-state index is 13.8. The van der Waals surface area contributed by atoms with Gasteiger partial charge in [0.25, 0.3) is 0 Å². The van der Waals surface area contributed by atoms with Gasteiger partial charge in [-0.05, 0) is 102 Å². The number of amides is 1. The number of ether oxygens (including phenoxy) is 3. The predicted octanol–water partition coefficient (Wildman–Crippen LogP) is 8.89. The van der Waals surface area contributed by atoms with Gasteiger partial charge in [0.1, 0.15) is 11.2 Å². The Morgan fingerprint density at radius 1 is 1.08 bits per heavy atom. The van der Waals surface area contributed by atoms with Crippen LogP contribution in [-0.2, 0) is 20.3 Å². The van der Waals surface area contributed by atoms with E-state index in [0.29, 0.717) is 29.8 Å². The van der Waals surface area contributed by atoms with Crippen LogP contribution in [0.5, 0.6) is 5.75 Å². The molecule has 0 radical (unpaired) electrons. The van der Waals surface area contributed by atoms with Crippen LogP contribution >= 0.6 is 11.3 Å². The fraction of sp³-hybridized carbons (Fsp3) is 0.595. The molecule has 1 fully saturated rings. The smallest absolute Gasteiger partial charge is 0.410 e. The number of methoxy groups -OCH3 is 1. The number of hydrogen-bond donors (Lipinski definition) is 0. The second kappa shape index (κ2) is 13.6. The molecule has 0 aliphatic heterocycles. The summed E-state index contributed by atoms with van der Waals surface area (Å²) in [5.41, 5.74) is 1.75. The highest BCUT2D eigenvalue weighted by Crippen LogP contribution is 2.48. The van der Waals surface area contributed by atoms with Crippen molar-refractivity contribution in [1.82, 2.24) is 9.47 Å². The fourth-order valence-corrected chi connectivity index (χ4v) is 8.43. The Kier molecular flexibility index (Phi) is 10.3. The van der Waals surface area contributed by atoms with E-state index >= 15 is 0 Å². The third-order valence-corrected chi connectivity index (χ3v) is 15.5. The van der Waals surface area contributed by atoms with Crippen LogP contribution in [0, 0.1) is 0 Å². The molecule has 1 unspecified atom stereocenters. The molecule has 2 aliphatic carbocycles. The van der Waals surface area contributed by atoms with Gasteiger partial charge in [0.2, 0.25) is 5.43 Å². The van der Waals surface area contributed by atoms with E-state index in [2.05, 4.69) is 39.9 Å². The zero-order valence-corrected chi connectivity index (χ0v) is 32.1. The lowest BCUT2D eigenvalue weighted by Gasteiger charge is -2.39. The van der Waals surface area contributed by atoms with E-state index in [-0.39, 0.29) is 40.8 Å². The summed E-state index contributed by atoms with van der Waals surface area (Å²) in [6, 6.07) is 5.94. The van der Waals surface area contributed by atoms with Crippen molar-refractivity contribution in [3.8, 4) is 16.2 Å². The van der Waals surface area contributed by atoms with Crippen molar-refractivity contribution in [2.45, 2.75) is 116 Å². The number of pyridine rings is 1. The van der Waals surface area contributed by atoms with Crippen LogP contribution in [0.1, 0.15) is 107 Å². The van der Waals surface area contributed by atoms with Crippen LogP contribution in [0.3, 0.4) is 0 Å². The van der Waals surface area contributed by atoms with Crippen molar-refractivity contribution < 1.29 is 28.2 Å². The number of nitrogens with zero attached hydrogens (tertiary/aromatic N) is 2. The Bertz CT molecular complexity index is 1740. The third kappa shape index (κ3) is 7.38. The van der Waals surface area contributed by atoms with Crippen LogP contribution in [0.15, 0.2) is 29.2 Å². The summed E-state index contributed by atoms with van der Waals surface area (Å²) in [5.74, 6) is -0.00287. The Labute approximate surface area is 289 Å². The maximum Gasteiger partial charge on any atom is 0.410 e. The summed E-state index contributed by atoms with van der Waals surface area (Å²) in [6.45, 7) is 19.6. The Morgan fingerprint density at radius 2 is 1.79 bits per heavy atom. The lowest BCUT2D eigenvalue weighted by Crippen LogP contribution is -2.45. The molecule has 9 nitrogen and oxygen atoms in total. The molecular weight excluding hydrogens is 645 g/mol.